The van der Waals surface area contributed by atoms with Crippen LogP contribution in [0.5, 0.6) is 0 Å². The van der Waals surface area contributed by atoms with Crippen LogP contribution in [-0.2, 0) is 0 Å². The molecule has 0 saturated heterocycles. The van der Waals surface area contributed by atoms with Crippen molar-refractivity contribution in [3.8, 4) is 0 Å². The second kappa shape index (κ2) is 91.8. The molecule has 0 aromatic rings. The predicted molar refractivity (Wildman–Crippen MR) is 31.9 cm³/mol. The fourth-order valence-corrected chi connectivity index (χ4v) is 0. The Balaban J connectivity index is -0.0000000147. The molecule has 0 aromatic carbocycles. The monoisotopic (exact) mass is 246 g/mol. The van der Waals surface area contributed by atoms with E-state index in [1.54, 1.807) is 0 Å². The summed E-state index contributed by atoms with van der Waals surface area (Å²) in [7, 11) is 2.00. The largest absolute Gasteiger partial charge is 0.400 e. The summed E-state index contributed by atoms with van der Waals surface area (Å²) in [5.74, 6) is 0. The minimum Gasteiger partial charge on any atom is -0.400 e. The summed E-state index contributed by atoms with van der Waals surface area (Å²) in [5, 5.41) is 14.0. The molecule has 0 atom stereocenters. The fourth-order valence-electron chi connectivity index (χ4n) is 0. The Labute approximate surface area is 79.9 Å². The molecule has 0 rings (SSSR count). The van der Waals surface area contributed by atoms with E-state index in [1.807, 2.05) is 6.92 Å². The molecule has 0 amide bonds. The zero-order valence-corrected chi connectivity index (χ0v) is 9.51. The van der Waals surface area contributed by atoms with Gasteiger partial charge >= 0.3 is 0 Å². The van der Waals surface area contributed by atoms with Gasteiger partial charge in [-0.3, -0.25) is 0 Å². The van der Waals surface area contributed by atoms with Crippen LogP contribution in [0.3, 0.4) is 0 Å². The molecule has 0 aliphatic carbocycles. The van der Waals surface area contributed by atoms with Crippen molar-refractivity contribution < 1.29 is 45.8 Å². The fraction of sp³-hybridized carbons (Fsp3) is 0.800. The predicted octanol–water partition coefficient (Wildman–Crippen LogP) is 0.447. The third kappa shape index (κ3) is 214. The summed E-state index contributed by atoms with van der Waals surface area (Å²) in [6.45, 7) is 5.50. The van der Waals surface area contributed by atoms with Gasteiger partial charge in [0.25, 0.3) is 0 Å². The number of aliphatic hydroxyl groups is 2. The second-order valence-electron chi connectivity index (χ2n) is 0.500. The van der Waals surface area contributed by atoms with E-state index in [2.05, 4.69) is 6.92 Å². The van der Waals surface area contributed by atoms with Gasteiger partial charge < -0.3 is 17.1 Å². The van der Waals surface area contributed by atoms with E-state index in [4.69, 9.17) is 10.2 Å². The summed E-state index contributed by atoms with van der Waals surface area (Å²) in [6.07, 6.45) is 1.00. The summed E-state index contributed by atoms with van der Waals surface area (Å²) in [5.41, 5.74) is 0. The first-order valence-corrected chi connectivity index (χ1v) is 2.10. The molecular formula is C5H15LaO2-. The number of hydrogen-bond acceptors (Lipinski definition) is 2. The van der Waals surface area contributed by atoms with Gasteiger partial charge in [0.05, 0.1) is 0 Å². The second-order valence-corrected chi connectivity index (χ2v) is 0.500. The van der Waals surface area contributed by atoms with Crippen molar-refractivity contribution in [1.29, 1.82) is 0 Å². The van der Waals surface area contributed by atoms with E-state index in [0.29, 0.717) is 0 Å². The Morgan fingerprint density at radius 2 is 1.12 bits per heavy atom. The average Bonchev–Trinajstić information content (AvgIpc) is 1.78. The normalized spacial score (nSPS) is 3.75. The maximum absolute atomic E-state index is 7.00. The van der Waals surface area contributed by atoms with Gasteiger partial charge in [-0.05, 0) is 0 Å². The molecule has 8 heavy (non-hydrogen) atoms. The zero-order chi connectivity index (χ0) is 6.71. The molecule has 0 heterocycles. The van der Waals surface area contributed by atoms with Crippen LogP contribution in [0, 0.1) is 42.5 Å². The summed E-state index contributed by atoms with van der Waals surface area (Å²) >= 11 is 0. The Kier molecular flexibility index (Phi) is 263. The van der Waals surface area contributed by atoms with Crippen molar-refractivity contribution in [3.63, 3.8) is 0 Å². The van der Waals surface area contributed by atoms with E-state index in [1.165, 1.54) is 0 Å². The maximum atomic E-state index is 7.00. The van der Waals surface area contributed by atoms with E-state index in [-0.39, 0.29) is 35.6 Å². The number of rotatable bonds is 0. The van der Waals surface area contributed by atoms with Crippen molar-refractivity contribution in [3.05, 3.63) is 6.92 Å². The van der Waals surface area contributed by atoms with Crippen molar-refractivity contribution in [2.24, 2.45) is 0 Å². The van der Waals surface area contributed by atoms with Gasteiger partial charge in [-0.2, -0.15) is 6.42 Å². The molecule has 0 fully saturated rings. The maximum Gasteiger partial charge on any atom is 0.0319 e. The molecular weight excluding hydrogens is 231 g/mol. The first kappa shape index (κ1) is 22.9. The summed E-state index contributed by atoms with van der Waals surface area (Å²) < 4.78 is 0. The molecule has 2 N–H and O–H groups in total. The Hall–Kier alpha value is 1.11. The number of hydrogen-bond donors (Lipinski definition) is 2. The molecule has 0 aromatic heterocycles. The standard InChI is InChI=1S/C3H7.2CH4O.La/c1-3-2;2*1-2;/h1,3H2,2H3;2*2H,1H3;/q-1;;;. The van der Waals surface area contributed by atoms with Crippen LogP contribution in [0.2, 0.25) is 0 Å². The third-order valence-corrected chi connectivity index (χ3v) is 0. The van der Waals surface area contributed by atoms with E-state index in [9.17, 15) is 0 Å². The van der Waals surface area contributed by atoms with Gasteiger partial charge in [0, 0.05) is 49.8 Å². The van der Waals surface area contributed by atoms with Gasteiger partial charge in [0.1, 0.15) is 0 Å². The van der Waals surface area contributed by atoms with Crippen LogP contribution >= 0.6 is 0 Å². The smallest absolute Gasteiger partial charge is 0.0319 e. The quantitative estimate of drug-likeness (QED) is 0.609. The molecule has 0 saturated carbocycles. The van der Waals surface area contributed by atoms with Crippen LogP contribution in [0.25, 0.3) is 0 Å². The van der Waals surface area contributed by atoms with E-state index < -0.39 is 0 Å². The van der Waals surface area contributed by atoms with E-state index in [0.717, 1.165) is 20.6 Å². The molecule has 2 nitrogen and oxygen atoms in total. The SMILES string of the molecule is CO.CO.[CH2-]CC.[La]. The molecule has 51 valence electrons. The van der Waals surface area contributed by atoms with Gasteiger partial charge in [-0.15, -0.1) is 0 Å². The van der Waals surface area contributed by atoms with Crippen LogP contribution in [-0.4, -0.2) is 24.4 Å². The molecule has 1 radical (unpaired) electrons. The van der Waals surface area contributed by atoms with Crippen molar-refractivity contribution in [2.75, 3.05) is 14.2 Å². The molecule has 0 spiro atoms. The summed E-state index contributed by atoms with van der Waals surface area (Å²) in [4.78, 5) is 0. The van der Waals surface area contributed by atoms with Gasteiger partial charge in [0.15, 0.2) is 0 Å². The molecule has 0 unspecified atom stereocenters. The van der Waals surface area contributed by atoms with Crippen molar-refractivity contribution in [2.45, 2.75) is 13.3 Å². The Morgan fingerprint density at radius 1 is 1.12 bits per heavy atom. The topological polar surface area (TPSA) is 40.5 Å². The summed E-state index contributed by atoms with van der Waals surface area (Å²) in [6, 6.07) is 0. The van der Waals surface area contributed by atoms with Crippen molar-refractivity contribution in [1.82, 2.24) is 0 Å². The van der Waals surface area contributed by atoms with Gasteiger partial charge in [0.2, 0.25) is 0 Å². The first-order chi connectivity index (χ1) is 3.41. The van der Waals surface area contributed by atoms with Gasteiger partial charge in [-0.25, -0.2) is 0 Å². The van der Waals surface area contributed by atoms with Crippen LogP contribution < -0.4 is 0 Å². The first-order valence-electron chi connectivity index (χ1n) is 2.10. The van der Waals surface area contributed by atoms with Crippen LogP contribution in [0.15, 0.2) is 0 Å². The van der Waals surface area contributed by atoms with Crippen LogP contribution in [0.1, 0.15) is 13.3 Å². The molecule has 0 aliphatic heterocycles. The average molecular weight is 246 g/mol. The molecule has 3 heteroatoms. The number of aliphatic hydroxyl groups excluding tert-OH is 2. The Bertz CT molecular complexity index is 10.4. The molecule has 0 bridgehead atoms. The molecule has 0 aliphatic rings. The van der Waals surface area contributed by atoms with Crippen LogP contribution in [0.4, 0.5) is 0 Å². The minimum atomic E-state index is 0. The zero-order valence-electron chi connectivity index (χ0n) is 5.89. The van der Waals surface area contributed by atoms with E-state index >= 15 is 0 Å². The minimum absolute atomic E-state index is 0. The van der Waals surface area contributed by atoms with Crippen molar-refractivity contribution >= 4 is 0 Å². The Morgan fingerprint density at radius 3 is 1.12 bits per heavy atom. The third-order valence-electron chi connectivity index (χ3n) is 0. The van der Waals surface area contributed by atoms with Gasteiger partial charge in [-0.1, -0.05) is 6.92 Å².